The van der Waals surface area contributed by atoms with Crippen LogP contribution in [0.15, 0.2) is 23.1 Å². The van der Waals surface area contributed by atoms with E-state index in [1.807, 2.05) is 0 Å². The van der Waals surface area contributed by atoms with E-state index < -0.39 is 10.0 Å². The number of carbonyl (C=O) groups excluding carboxylic acids is 1. The van der Waals surface area contributed by atoms with Gasteiger partial charge in [0.25, 0.3) is 5.91 Å². The molecule has 1 aromatic rings. The normalized spacial score (nSPS) is 29.2. The average Bonchev–Trinajstić information content (AvgIpc) is 3.33. The summed E-state index contributed by atoms with van der Waals surface area (Å²) < 4.78 is 27.0. The number of carbonyl (C=O) groups is 1. The molecule has 1 aromatic carbocycles. The van der Waals surface area contributed by atoms with Gasteiger partial charge in [-0.1, -0.05) is 18.0 Å². The molecule has 3 atom stereocenters. The molecule has 2 aliphatic carbocycles. The van der Waals surface area contributed by atoms with Gasteiger partial charge < -0.3 is 5.32 Å². The summed E-state index contributed by atoms with van der Waals surface area (Å²) in [6, 6.07) is 4.77. The van der Waals surface area contributed by atoms with Gasteiger partial charge >= 0.3 is 0 Å². The number of benzene rings is 1. The van der Waals surface area contributed by atoms with Crippen molar-refractivity contribution in [2.45, 2.75) is 49.5 Å². The molecule has 1 amide bonds. The van der Waals surface area contributed by atoms with Crippen molar-refractivity contribution in [3.63, 3.8) is 0 Å². The largest absolute Gasteiger partial charge is 0.349 e. The summed E-state index contributed by atoms with van der Waals surface area (Å²) in [7, 11) is -3.64. The van der Waals surface area contributed by atoms with E-state index in [0.29, 0.717) is 24.6 Å². The lowest BCUT2D eigenvalue weighted by molar-refractivity contribution is 0.0922. The molecule has 5 nitrogen and oxygen atoms in total. The van der Waals surface area contributed by atoms with Crippen molar-refractivity contribution >= 4 is 27.5 Å². The van der Waals surface area contributed by atoms with E-state index in [1.165, 1.54) is 35.7 Å². The van der Waals surface area contributed by atoms with Crippen LogP contribution >= 0.6 is 11.6 Å². The summed E-state index contributed by atoms with van der Waals surface area (Å²) in [5.74, 6) is 1.12. The minimum Gasteiger partial charge on any atom is -0.349 e. The zero-order valence-electron chi connectivity index (χ0n) is 14.1. The smallest absolute Gasteiger partial charge is 0.251 e. The highest BCUT2D eigenvalue weighted by Crippen LogP contribution is 2.44. The first-order valence-electron chi connectivity index (χ1n) is 9.06. The molecular formula is C18H23ClN2O3S. The Morgan fingerprint density at radius 3 is 2.56 bits per heavy atom. The fourth-order valence-electron chi connectivity index (χ4n) is 4.58. The Hall–Kier alpha value is -1.11. The summed E-state index contributed by atoms with van der Waals surface area (Å²) in [4.78, 5) is 12.7. The molecule has 3 fully saturated rings. The first-order valence-corrected chi connectivity index (χ1v) is 10.9. The molecular weight excluding hydrogens is 360 g/mol. The van der Waals surface area contributed by atoms with Gasteiger partial charge in [-0.25, -0.2) is 8.42 Å². The summed E-state index contributed by atoms with van der Waals surface area (Å²) in [6.07, 6.45) is 6.44. The highest BCUT2D eigenvalue weighted by molar-refractivity contribution is 7.89. The molecule has 0 unspecified atom stereocenters. The average molecular weight is 383 g/mol. The van der Waals surface area contributed by atoms with Crippen LogP contribution in [-0.4, -0.2) is 37.8 Å². The molecule has 0 radical (unpaired) electrons. The molecule has 1 heterocycles. The van der Waals surface area contributed by atoms with E-state index in [2.05, 4.69) is 5.32 Å². The number of nitrogens with zero attached hydrogens (tertiary/aromatic N) is 1. The fourth-order valence-corrected chi connectivity index (χ4v) is 6.60. The Morgan fingerprint density at radius 2 is 1.92 bits per heavy atom. The number of hydrogen-bond donors (Lipinski definition) is 1. The van der Waals surface area contributed by atoms with E-state index in [1.54, 1.807) is 6.07 Å². The van der Waals surface area contributed by atoms with E-state index >= 15 is 0 Å². The predicted molar refractivity (Wildman–Crippen MR) is 96.1 cm³/mol. The molecule has 0 spiro atoms. The number of fused-ring (bicyclic) bond motifs is 2. The van der Waals surface area contributed by atoms with Crippen LogP contribution in [-0.2, 0) is 10.0 Å². The van der Waals surface area contributed by atoms with Crippen molar-refractivity contribution in [2.75, 3.05) is 13.1 Å². The summed E-state index contributed by atoms with van der Waals surface area (Å²) in [5, 5.41) is 3.27. The maximum atomic E-state index is 12.8. The third kappa shape index (κ3) is 3.20. The Bertz CT molecular complexity index is 790. The van der Waals surface area contributed by atoms with E-state index in [9.17, 15) is 13.2 Å². The van der Waals surface area contributed by atoms with Gasteiger partial charge in [0, 0.05) is 24.7 Å². The van der Waals surface area contributed by atoms with Crippen LogP contribution in [0.1, 0.15) is 48.9 Å². The molecule has 1 saturated heterocycles. The minimum atomic E-state index is -3.64. The zero-order chi connectivity index (χ0) is 17.6. The van der Waals surface area contributed by atoms with Crippen LogP contribution in [0.3, 0.4) is 0 Å². The van der Waals surface area contributed by atoms with Crippen molar-refractivity contribution < 1.29 is 13.2 Å². The Morgan fingerprint density at radius 1 is 1.16 bits per heavy atom. The molecule has 136 valence electrons. The lowest BCUT2D eigenvalue weighted by Crippen LogP contribution is -2.38. The van der Waals surface area contributed by atoms with Crippen LogP contribution in [0.5, 0.6) is 0 Å². The van der Waals surface area contributed by atoms with E-state index in [4.69, 9.17) is 11.6 Å². The van der Waals surface area contributed by atoms with Gasteiger partial charge in [-0.05, 0) is 62.1 Å². The number of halogens is 1. The number of rotatable bonds is 4. The standard InChI is InChI=1S/C18H23ClN2O3S/c19-15-6-5-14(11-17(15)25(23,24)21-7-1-2-8-21)18(22)20-16-10-12-3-4-13(16)9-12/h5-6,11-13,16H,1-4,7-10H2,(H,20,22)/t12-,13+,16+/m0/s1. The first kappa shape index (κ1) is 17.3. The van der Waals surface area contributed by atoms with Gasteiger partial charge in [-0.2, -0.15) is 4.31 Å². The number of nitrogens with one attached hydrogen (secondary N) is 1. The van der Waals surface area contributed by atoms with Crippen molar-refractivity contribution in [3.8, 4) is 0 Å². The van der Waals surface area contributed by atoms with E-state index in [0.717, 1.165) is 25.2 Å². The third-order valence-corrected chi connectivity index (χ3v) is 8.31. The second kappa shape index (κ2) is 6.56. The second-order valence-corrected chi connectivity index (χ2v) is 9.82. The highest BCUT2D eigenvalue weighted by Gasteiger charge is 2.40. The number of amides is 1. The number of sulfonamides is 1. The maximum Gasteiger partial charge on any atom is 0.251 e. The van der Waals surface area contributed by atoms with Gasteiger partial charge in [-0.15, -0.1) is 0 Å². The predicted octanol–water partition coefficient (Wildman–Crippen LogP) is 3.04. The molecule has 25 heavy (non-hydrogen) atoms. The summed E-state index contributed by atoms with van der Waals surface area (Å²) in [6.45, 7) is 1.03. The molecule has 0 aromatic heterocycles. The van der Waals surface area contributed by atoms with Crippen LogP contribution in [0, 0.1) is 11.8 Å². The van der Waals surface area contributed by atoms with E-state index in [-0.39, 0.29) is 21.9 Å². The van der Waals surface area contributed by atoms with Crippen LogP contribution in [0.2, 0.25) is 5.02 Å². The Balaban J connectivity index is 1.55. The van der Waals surface area contributed by atoms with Gasteiger partial charge in [0.1, 0.15) is 4.90 Å². The zero-order valence-corrected chi connectivity index (χ0v) is 15.7. The summed E-state index contributed by atoms with van der Waals surface area (Å²) >= 11 is 6.15. The van der Waals surface area contributed by atoms with Crippen molar-refractivity contribution in [2.24, 2.45) is 11.8 Å². The molecule has 2 saturated carbocycles. The van der Waals surface area contributed by atoms with Gasteiger partial charge in [-0.3, -0.25) is 4.79 Å². The monoisotopic (exact) mass is 382 g/mol. The highest BCUT2D eigenvalue weighted by atomic mass is 35.5. The maximum absolute atomic E-state index is 12.8. The van der Waals surface area contributed by atoms with Gasteiger partial charge in [0.15, 0.2) is 0 Å². The molecule has 3 aliphatic rings. The van der Waals surface area contributed by atoms with Crippen LogP contribution in [0.4, 0.5) is 0 Å². The molecule has 4 rings (SSSR count). The second-order valence-electron chi connectivity index (χ2n) is 7.51. The first-order chi connectivity index (χ1) is 11.9. The topological polar surface area (TPSA) is 66.5 Å². The third-order valence-electron chi connectivity index (χ3n) is 5.93. The molecule has 1 N–H and O–H groups in total. The Labute approximate surface area is 153 Å². The summed E-state index contributed by atoms with van der Waals surface area (Å²) in [5.41, 5.74) is 0.366. The lowest BCUT2D eigenvalue weighted by Gasteiger charge is -2.23. The molecule has 1 aliphatic heterocycles. The van der Waals surface area contributed by atoms with Crippen molar-refractivity contribution in [3.05, 3.63) is 28.8 Å². The lowest BCUT2D eigenvalue weighted by atomic mass is 9.95. The quantitative estimate of drug-likeness (QED) is 0.870. The Kier molecular flexibility index (Phi) is 4.54. The molecule has 2 bridgehead atoms. The fraction of sp³-hybridized carbons (Fsp3) is 0.611. The number of hydrogen-bond acceptors (Lipinski definition) is 3. The molecule has 7 heteroatoms. The van der Waals surface area contributed by atoms with Crippen LogP contribution < -0.4 is 5.32 Å². The van der Waals surface area contributed by atoms with Gasteiger partial charge in [0.05, 0.1) is 5.02 Å². The SMILES string of the molecule is O=C(N[C@@H]1C[C@H]2CC[C@@H]1C2)c1ccc(Cl)c(S(=O)(=O)N2CCCC2)c1. The van der Waals surface area contributed by atoms with Crippen LogP contribution in [0.25, 0.3) is 0 Å². The van der Waals surface area contributed by atoms with Crippen molar-refractivity contribution in [1.29, 1.82) is 0 Å². The minimum absolute atomic E-state index is 0.0386. The van der Waals surface area contributed by atoms with Gasteiger partial charge in [0.2, 0.25) is 10.0 Å². The van der Waals surface area contributed by atoms with Crippen molar-refractivity contribution in [1.82, 2.24) is 9.62 Å².